The van der Waals surface area contributed by atoms with E-state index in [9.17, 15) is 4.39 Å². The van der Waals surface area contributed by atoms with Crippen molar-refractivity contribution < 1.29 is 4.39 Å². The summed E-state index contributed by atoms with van der Waals surface area (Å²) < 4.78 is 13.5. The first-order valence-electron chi connectivity index (χ1n) is 7.27. The molecule has 1 heterocycles. The van der Waals surface area contributed by atoms with Gasteiger partial charge in [-0.3, -0.25) is 0 Å². The van der Waals surface area contributed by atoms with Gasteiger partial charge in [-0.05, 0) is 38.0 Å². The first kappa shape index (κ1) is 19.8. The van der Waals surface area contributed by atoms with E-state index in [0.29, 0.717) is 18.7 Å². The Morgan fingerprint density at radius 2 is 2.09 bits per heavy atom. The van der Waals surface area contributed by atoms with Crippen LogP contribution in [0.15, 0.2) is 29.4 Å². The van der Waals surface area contributed by atoms with E-state index in [1.807, 2.05) is 26.1 Å². The van der Waals surface area contributed by atoms with Gasteiger partial charge in [-0.15, -0.1) is 35.3 Å². The third-order valence-electron chi connectivity index (χ3n) is 3.10. The molecule has 0 aliphatic heterocycles. The van der Waals surface area contributed by atoms with Crippen LogP contribution in [0.5, 0.6) is 0 Å². The van der Waals surface area contributed by atoms with Crippen molar-refractivity contribution in [3.8, 4) is 0 Å². The predicted octanol–water partition coefficient (Wildman–Crippen LogP) is 3.77. The number of hydrogen-bond donors (Lipinski definition) is 2. The van der Waals surface area contributed by atoms with Crippen LogP contribution in [-0.2, 0) is 13.1 Å². The topological polar surface area (TPSA) is 49.3 Å². The fraction of sp³-hybridized carbons (Fsp3) is 0.375. The van der Waals surface area contributed by atoms with E-state index in [-0.39, 0.29) is 29.8 Å². The van der Waals surface area contributed by atoms with E-state index in [4.69, 9.17) is 0 Å². The van der Waals surface area contributed by atoms with Gasteiger partial charge >= 0.3 is 0 Å². The minimum Gasteiger partial charge on any atom is -0.357 e. The Bertz CT molecular complexity index is 657. The maximum atomic E-state index is 13.5. The number of thiazole rings is 1. The Balaban J connectivity index is 0.00000264. The summed E-state index contributed by atoms with van der Waals surface area (Å²) in [7, 11) is 0. The molecule has 23 heavy (non-hydrogen) atoms. The summed E-state index contributed by atoms with van der Waals surface area (Å²) >= 11 is 1.66. The van der Waals surface area contributed by atoms with Gasteiger partial charge in [-0.1, -0.05) is 12.1 Å². The van der Waals surface area contributed by atoms with E-state index >= 15 is 0 Å². The number of benzene rings is 1. The molecule has 0 bridgehead atoms. The Labute approximate surface area is 157 Å². The zero-order chi connectivity index (χ0) is 15.9. The number of rotatable bonds is 5. The highest BCUT2D eigenvalue weighted by Crippen LogP contribution is 2.11. The Kier molecular flexibility index (Phi) is 8.46. The van der Waals surface area contributed by atoms with Crippen molar-refractivity contribution in [3.63, 3.8) is 0 Å². The van der Waals surface area contributed by atoms with Crippen LogP contribution in [0.2, 0.25) is 0 Å². The SMILES string of the molecule is CCNC(=NCc1ccc(C)c(F)c1)NCc1cnc(C)s1.I. The molecule has 0 aliphatic rings. The van der Waals surface area contributed by atoms with E-state index in [1.165, 1.54) is 6.07 Å². The van der Waals surface area contributed by atoms with Gasteiger partial charge in [-0.25, -0.2) is 14.4 Å². The van der Waals surface area contributed by atoms with Crippen LogP contribution in [0.4, 0.5) is 4.39 Å². The van der Waals surface area contributed by atoms with E-state index < -0.39 is 0 Å². The van der Waals surface area contributed by atoms with Crippen LogP contribution in [0, 0.1) is 19.7 Å². The van der Waals surface area contributed by atoms with Gasteiger partial charge in [0.15, 0.2) is 5.96 Å². The summed E-state index contributed by atoms with van der Waals surface area (Å²) in [5, 5.41) is 7.50. The van der Waals surface area contributed by atoms with Crippen molar-refractivity contribution in [2.24, 2.45) is 4.99 Å². The summed E-state index contributed by atoms with van der Waals surface area (Å²) in [4.78, 5) is 9.87. The van der Waals surface area contributed by atoms with Crippen molar-refractivity contribution in [1.82, 2.24) is 15.6 Å². The lowest BCUT2D eigenvalue weighted by molar-refractivity contribution is 0.616. The number of hydrogen-bond acceptors (Lipinski definition) is 3. The Morgan fingerprint density at radius 1 is 1.30 bits per heavy atom. The summed E-state index contributed by atoms with van der Waals surface area (Å²) in [6, 6.07) is 5.22. The third kappa shape index (κ3) is 6.42. The van der Waals surface area contributed by atoms with Gasteiger partial charge in [-0.2, -0.15) is 0 Å². The first-order valence-corrected chi connectivity index (χ1v) is 8.08. The highest BCUT2D eigenvalue weighted by Gasteiger charge is 2.02. The fourth-order valence-electron chi connectivity index (χ4n) is 1.90. The molecule has 2 rings (SSSR count). The average Bonchev–Trinajstić information content (AvgIpc) is 2.91. The van der Waals surface area contributed by atoms with Crippen molar-refractivity contribution in [3.05, 3.63) is 51.2 Å². The molecule has 0 unspecified atom stereocenters. The molecule has 1 aromatic heterocycles. The summed E-state index contributed by atoms with van der Waals surface area (Å²) in [6.07, 6.45) is 1.87. The molecule has 2 N–H and O–H groups in total. The number of aromatic nitrogens is 1. The summed E-state index contributed by atoms with van der Waals surface area (Å²) in [5.41, 5.74) is 1.51. The maximum absolute atomic E-state index is 13.5. The number of nitrogens with zero attached hydrogens (tertiary/aromatic N) is 2. The molecule has 0 fully saturated rings. The van der Waals surface area contributed by atoms with Crippen molar-refractivity contribution in [2.45, 2.75) is 33.9 Å². The molecule has 4 nitrogen and oxygen atoms in total. The Hall–Kier alpha value is -1.22. The predicted molar refractivity (Wildman–Crippen MR) is 105 cm³/mol. The molecule has 0 atom stereocenters. The highest BCUT2D eigenvalue weighted by molar-refractivity contribution is 14.0. The molecule has 126 valence electrons. The number of aryl methyl sites for hydroxylation is 2. The number of aliphatic imine (C=N–C) groups is 1. The van der Waals surface area contributed by atoms with Gasteiger partial charge in [0.2, 0.25) is 0 Å². The molecule has 0 radical (unpaired) electrons. The lowest BCUT2D eigenvalue weighted by Gasteiger charge is -2.10. The number of nitrogens with one attached hydrogen (secondary N) is 2. The second kappa shape index (κ2) is 9.82. The van der Waals surface area contributed by atoms with E-state index in [2.05, 4.69) is 20.6 Å². The monoisotopic (exact) mass is 448 g/mol. The quantitative estimate of drug-likeness (QED) is 0.416. The van der Waals surface area contributed by atoms with Gasteiger partial charge in [0, 0.05) is 17.6 Å². The van der Waals surface area contributed by atoms with Crippen LogP contribution in [-0.4, -0.2) is 17.5 Å². The largest absolute Gasteiger partial charge is 0.357 e. The van der Waals surface area contributed by atoms with Crippen molar-refractivity contribution >= 4 is 41.3 Å². The van der Waals surface area contributed by atoms with E-state index in [0.717, 1.165) is 28.0 Å². The zero-order valence-electron chi connectivity index (χ0n) is 13.5. The number of guanidine groups is 1. The lowest BCUT2D eigenvalue weighted by Crippen LogP contribution is -2.36. The summed E-state index contributed by atoms with van der Waals surface area (Å²) in [5.74, 6) is 0.528. The van der Waals surface area contributed by atoms with Gasteiger partial charge in [0.25, 0.3) is 0 Å². The normalized spacial score (nSPS) is 11.0. The van der Waals surface area contributed by atoms with Gasteiger partial charge in [0.1, 0.15) is 5.82 Å². The molecule has 2 aromatic rings. The molecule has 0 spiro atoms. The molecule has 0 saturated heterocycles. The highest BCUT2D eigenvalue weighted by atomic mass is 127. The Morgan fingerprint density at radius 3 is 2.70 bits per heavy atom. The molecule has 0 aliphatic carbocycles. The second-order valence-electron chi connectivity index (χ2n) is 4.98. The maximum Gasteiger partial charge on any atom is 0.191 e. The lowest BCUT2D eigenvalue weighted by atomic mass is 10.1. The van der Waals surface area contributed by atoms with Gasteiger partial charge < -0.3 is 10.6 Å². The smallest absolute Gasteiger partial charge is 0.191 e. The van der Waals surface area contributed by atoms with E-state index in [1.54, 1.807) is 24.3 Å². The third-order valence-corrected chi connectivity index (χ3v) is 4.01. The average molecular weight is 448 g/mol. The van der Waals surface area contributed by atoms with Crippen molar-refractivity contribution in [2.75, 3.05) is 6.54 Å². The number of halogens is 2. The van der Waals surface area contributed by atoms with Crippen molar-refractivity contribution in [1.29, 1.82) is 0 Å². The molecule has 0 amide bonds. The molecule has 7 heteroatoms. The van der Waals surface area contributed by atoms with Crippen LogP contribution in [0.25, 0.3) is 0 Å². The molecule has 1 aromatic carbocycles. The summed E-state index contributed by atoms with van der Waals surface area (Å²) in [6.45, 7) is 7.65. The molecular weight excluding hydrogens is 426 g/mol. The molecule has 0 saturated carbocycles. The fourth-order valence-corrected chi connectivity index (χ4v) is 2.64. The minimum absolute atomic E-state index is 0. The van der Waals surface area contributed by atoms with Crippen LogP contribution in [0.3, 0.4) is 0 Å². The van der Waals surface area contributed by atoms with Crippen LogP contribution >= 0.6 is 35.3 Å². The first-order chi connectivity index (χ1) is 10.6. The molecular formula is C16H22FIN4S. The standard InChI is InChI=1S/C16H21FN4S.HI/c1-4-18-16(21-10-14-9-19-12(3)22-14)20-8-13-6-5-11(2)15(17)7-13;/h5-7,9H,4,8,10H2,1-3H3,(H2,18,20,21);1H. The minimum atomic E-state index is -0.189. The zero-order valence-corrected chi connectivity index (χ0v) is 16.7. The second-order valence-corrected chi connectivity index (χ2v) is 6.30. The van der Waals surface area contributed by atoms with Crippen LogP contribution < -0.4 is 10.6 Å². The van der Waals surface area contributed by atoms with Crippen LogP contribution in [0.1, 0.15) is 27.9 Å². The van der Waals surface area contributed by atoms with Gasteiger partial charge in [0.05, 0.1) is 18.1 Å².